The molecule has 0 aliphatic heterocycles. The Balaban J connectivity index is 0.992. The van der Waals surface area contributed by atoms with Crippen molar-refractivity contribution in [3.05, 3.63) is 225 Å². The molecule has 0 unspecified atom stereocenters. The molecule has 12 rings (SSSR count). The zero-order valence-corrected chi connectivity index (χ0v) is 34.1. The minimum atomic E-state index is 0.913. The maximum absolute atomic E-state index is 5.27. The number of aromatic nitrogens is 5. The van der Waals surface area contributed by atoms with Crippen LogP contribution in [0.1, 0.15) is 0 Å². The van der Waals surface area contributed by atoms with Crippen molar-refractivity contribution in [3.63, 3.8) is 0 Å². The molecule has 0 fully saturated rings. The second kappa shape index (κ2) is 15.2. The number of benzene rings is 7. The highest BCUT2D eigenvalue weighted by Gasteiger charge is 2.18. The molecule has 0 bridgehead atoms. The fraction of sp³-hybridized carbons (Fsp3) is 0. The third-order valence-corrected chi connectivity index (χ3v) is 12.2. The van der Waals surface area contributed by atoms with Crippen LogP contribution in [0.25, 0.3) is 116 Å². The van der Waals surface area contributed by atoms with Crippen LogP contribution in [0, 0.1) is 0 Å². The van der Waals surface area contributed by atoms with E-state index in [4.69, 9.17) is 9.97 Å². The van der Waals surface area contributed by atoms with Crippen molar-refractivity contribution in [1.82, 2.24) is 24.5 Å². The summed E-state index contributed by atoms with van der Waals surface area (Å²) in [5.41, 5.74) is 17.1. The molecule has 0 saturated carbocycles. The average molecular weight is 804 g/mol. The Morgan fingerprint density at radius 1 is 0.286 bits per heavy atom. The topological polar surface area (TPSA) is 56.5 Å². The summed E-state index contributed by atoms with van der Waals surface area (Å²) in [5, 5.41) is 5.92. The first-order valence-electron chi connectivity index (χ1n) is 21.2. The summed E-state index contributed by atoms with van der Waals surface area (Å²) in [6.45, 7) is 0. The van der Waals surface area contributed by atoms with E-state index in [9.17, 15) is 0 Å². The zero-order chi connectivity index (χ0) is 41.7. The van der Waals surface area contributed by atoms with Crippen molar-refractivity contribution < 1.29 is 0 Å². The van der Waals surface area contributed by atoms with Crippen LogP contribution in [0.15, 0.2) is 225 Å². The van der Waals surface area contributed by atoms with Gasteiger partial charge in [-0.3, -0.25) is 9.97 Å². The fourth-order valence-electron chi connectivity index (χ4n) is 9.06. The van der Waals surface area contributed by atoms with E-state index in [1.54, 1.807) is 0 Å². The van der Waals surface area contributed by atoms with Gasteiger partial charge < -0.3 is 4.57 Å². The van der Waals surface area contributed by atoms with Gasteiger partial charge in [-0.1, -0.05) is 127 Å². The minimum Gasteiger partial charge on any atom is -0.309 e. The standard InChI is InChI=1S/C58H37N5/c1-2-8-45(9-3-1)58-52-37-57-51(36-50(52)48-10-4-6-12-53(48)62-58)49-11-5-7-13-56(49)63(57)47-24-22-40(23-25-47)46-34-54(43-18-14-38(15-19-43)41-26-30-59-31-27-41)61-55(35-46)44-20-16-39(17-21-44)42-28-32-60-33-29-42/h1-37H. The largest absolute Gasteiger partial charge is 0.309 e. The second-order valence-corrected chi connectivity index (χ2v) is 15.9. The highest BCUT2D eigenvalue weighted by molar-refractivity contribution is 6.20. The Hall–Kier alpha value is -8.54. The van der Waals surface area contributed by atoms with Crippen molar-refractivity contribution >= 4 is 43.5 Å². The molecule has 0 spiro atoms. The summed E-state index contributed by atoms with van der Waals surface area (Å²) in [6.07, 6.45) is 7.32. The molecule has 5 heterocycles. The SMILES string of the molecule is c1ccc(-c2nc3ccccc3c3cc4c5ccccc5n(-c5ccc(-c6cc(-c7ccc(-c8ccncc8)cc7)nc(-c7ccc(-c8ccncc8)cc7)c6)cc5)c4cc23)cc1. The van der Waals surface area contributed by atoms with Crippen molar-refractivity contribution in [2.24, 2.45) is 0 Å². The predicted molar refractivity (Wildman–Crippen MR) is 260 cm³/mol. The van der Waals surface area contributed by atoms with Crippen LogP contribution in [0.2, 0.25) is 0 Å². The van der Waals surface area contributed by atoms with Crippen molar-refractivity contribution in [3.8, 4) is 72.8 Å². The first kappa shape index (κ1) is 36.3. The number of hydrogen-bond acceptors (Lipinski definition) is 4. The Morgan fingerprint density at radius 2 is 0.794 bits per heavy atom. The Bertz CT molecular complexity index is 3520. The van der Waals surface area contributed by atoms with Gasteiger partial charge in [-0.15, -0.1) is 0 Å². The monoisotopic (exact) mass is 803 g/mol. The normalized spacial score (nSPS) is 11.5. The lowest BCUT2D eigenvalue weighted by Crippen LogP contribution is -1.95. The predicted octanol–water partition coefficient (Wildman–Crippen LogP) is 14.7. The van der Waals surface area contributed by atoms with E-state index in [-0.39, 0.29) is 0 Å². The van der Waals surface area contributed by atoms with Gasteiger partial charge in [0.15, 0.2) is 0 Å². The maximum atomic E-state index is 5.27. The molecule has 0 amide bonds. The lowest BCUT2D eigenvalue weighted by molar-refractivity contribution is 1.18. The first-order valence-corrected chi connectivity index (χ1v) is 21.2. The Labute approximate surface area is 364 Å². The third-order valence-electron chi connectivity index (χ3n) is 12.2. The molecule has 63 heavy (non-hydrogen) atoms. The Kier molecular flexibility index (Phi) is 8.75. The number of pyridine rings is 4. The van der Waals surface area contributed by atoms with Gasteiger partial charge in [0.2, 0.25) is 0 Å². The number of fused-ring (bicyclic) bond motifs is 6. The van der Waals surface area contributed by atoms with E-state index in [1.165, 1.54) is 16.2 Å². The Morgan fingerprint density at radius 3 is 1.43 bits per heavy atom. The van der Waals surface area contributed by atoms with Gasteiger partial charge in [-0.05, 0) is 112 Å². The van der Waals surface area contributed by atoms with Crippen LogP contribution in [0.4, 0.5) is 0 Å². The van der Waals surface area contributed by atoms with E-state index < -0.39 is 0 Å². The van der Waals surface area contributed by atoms with Gasteiger partial charge in [-0.2, -0.15) is 0 Å². The van der Waals surface area contributed by atoms with Gasteiger partial charge >= 0.3 is 0 Å². The van der Waals surface area contributed by atoms with E-state index in [0.717, 1.165) is 100 Å². The van der Waals surface area contributed by atoms with Gasteiger partial charge in [0.1, 0.15) is 0 Å². The molecular formula is C58H37N5. The molecule has 5 nitrogen and oxygen atoms in total. The molecule has 5 aromatic heterocycles. The minimum absolute atomic E-state index is 0.913. The smallest absolute Gasteiger partial charge is 0.0788 e. The lowest BCUT2D eigenvalue weighted by atomic mass is 9.97. The quantitative estimate of drug-likeness (QED) is 0.151. The molecule has 12 aromatic rings. The first-order chi connectivity index (χ1) is 31.2. The summed E-state index contributed by atoms with van der Waals surface area (Å²) in [5.74, 6) is 0. The van der Waals surface area contributed by atoms with Crippen molar-refractivity contribution in [1.29, 1.82) is 0 Å². The van der Waals surface area contributed by atoms with Gasteiger partial charge in [-0.25, -0.2) is 9.97 Å². The van der Waals surface area contributed by atoms with E-state index in [1.807, 2.05) is 49.1 Å². The van der Waals surface area contributed by atoms with E-state index >= 15 is 0 Å². The van der Waals surface area contributed by atoms with Crippen LogP contribution in [-0.2, 0) is 0 Å². The average Bonchev–Trinajstić information content (AvgIpc) is 3.69. The van der Waals surface area contributed by atoms with E-state index in [0.29, 0.717) is 0 Å². The molecule has 294 valence electrons. The van der Waals surface area contributed by atoms with Crippen LogP contribution in [-0.4, -0.2) is 24.5 Å². The highest BCUT2D eigenvalue weighted by atomic mass is 15.0. The van der Waals surface area contributed by atoms with Crippen LogP contribution < -0.4 is 0 Å². The summed E-state index contributed by atoms with van der Waals surface area (Å²) < 4.78 is 2.40. The lowest BCUT2D eigenvalue weighted by Gasteiger charge is -2.14. The molecule has 0 saturated heterocycles. The molecular weight excluding hydrogens is 767 g/mol. The molecule has 7 aromatic carbocycles. The maximum Gasteiger partial charge on any atom is 0.0788 e. The van der Waals surface area contributed by atoms with Crippen molar-refractivity contribution in [2.45, 2.75) is 0 Å². The fourth-order valence-corrected chi connectivity index (χ4v) is 9.06. The third kappa shape index (κ3) is 6.51. The number of hydrogen-bond donors (Lipinski definition) is 0. The number of para-hydroxylation sites is 2. The second-order valence-electron chi connectivity index (χ2n) is 15.9. The summed E-state index contributed by atoms with van der Waals surface area (Å²) in [6, 6.07) is 71.3. The summed E-state index contributed by atoms with van der Waals surface area (Å²) >= 11 is 0. The van der Waals surface area contributed by atoms with Crippen LogP contribution in [0.5, 0.6) is 0 Å². The number of rotatable bonds is 7. The molecule has 0 atom stereocenters. The summed E-state index contributed by atoms with van der Waals surface area (Å²) in [7, 11) is 0. The summed E-state index contributed by atoms with van der Waals surface area (Å²) in [4.78, 5) is 18.9. The molecule has 5 heteroatoms. The molecule has 0 N–H and O–H groups in total. The van der Waals surface area contributed by atoms with Crippen LogP contribution in [0.3, 0.4) is 0 Å². The van der Waals surface area contributed by atoms with Gasteiger partial charge in [0.05, 0.1) is 33.6 Å². The molecule has 0 radical (unpaired) electrons. The number of nitrogens with zero attached hydrogens (tertiary/aromatic N) is 5. The molecule has 0 aliphatic carbocycles. The highest BCUT2D eigenvalue weighted by Crippen LogP contribution is 2.40. The molecule has 0 aliphatic rings. The zero-order valence-electron chi connectivity index (χ0n) is 34.1. The van der Waals surface area contributed by atoms with E-state index in [2.05, 4.69) is 190 Å². The van der Waals surface area contributed by atoms with Gasteiger partial charge in [0.25, 0.3) is 0 Å². The van der Waals surface area contributed by atoms with Gasteiger partial charge in [0, 0.05) is 68.7 Å². The van der Waals surface area contributed by atoms with Crippen molar-refractivity contribution in [2.75, 3.05) is 0 Å². The van der Waals surface area contributed by atoms with Crippen LogP contribution >= 0.6 is 0 Å².